The third-order valence-corrected chi connectivity index (χ3v) is 11.3. The molecule has 0 bridgehead atoms. The van der Waals surface area contributed by atoms with Crippen molar-refractivity contribution >= 4 is 63.3 Å². The van der Waals surface area contributed by atoms with Crippen LogP contribution >= 0.6 is 22.6 Å². The van der Waals surface area contributed by atoms with Gasteiger partial charge in [-0.3, -0.25) is 35.1 Å². The van der Waals surface area contributed by atoms with E-state index in [0.717, 1.165) is 52.5 Å². The molecule has 14 nitrogen and oxygen atoms in total. The third-order valence-electron chi connectivity index (χ3n) is 10.6. The van der Waals surface area contributed by atoms with Crippen molar-refractivity contribution in [3.63, 3.8) is 0 Å². The minimum Gasteiger partial charge on any atom is -0.399 e. The number of anilines is 2. The van der Waals surface area contributed by atoms with Crippen LogP contribution in [-0.2, 0) is 59.7 Å². The van der Waals surface area contributed by atoms with Crippen molar-refractivity contribution in [2.45, 2.75) is 63.8 Å². The fourth-order valence-electron chi connectivity index (χ4n) is 7.32. The molecule has 0 aliphatic carbocycles. The van der Waals surface area contributed by atoms with Crippen molar-refractivity contribution in [3.05, 3.63) is 131 Å². The summed E-state index contributed by atoms with van der Waals surface area (Å²) < 4.78 is 112. The molecule has 66 heavy (non-hydrogen) atoms. The zero-order chi connectivity index (χ0) is 48.7. The minimum atomic E-state index is -4.82. The average Bonchev–Trinajstić information content (AvgIpc) is 3.27. The molecular formula is C42H40F9IN8O6. The Hall–Kier alpha value is -6.18. The van der Waals surface area contributed by atoms with Crippen LogP contribution in [0.2, 0.25) is 0 Å². The lowest BCUT2D eigenvalue weighted by Gasteiger charge is -2.29. The molecule has 0 unspecified atom stereocenters. The number of carbonyl (C=O) groups is 4. The van der Waals surface area contributed by atoms with E-state index in [2.05, 4.69) is 33.3 Å². The summed E-state index contributed by atoms with van der Waals surface area (Å²) in [6, 6.07) is 20.4. The zero-order valence-corrected chi connectivity index (χ0v) is 36.5. The Kier molecular flexibility index (Phi) is 16.2. The van der Waals surface area contributed by atoms with Crippen molar-refractivity contribution in [3.8, 4) is 0 Å². The van der Waals surface area contributed by atoms with Crippen LogP contribution in [0.25, 0.3) is 0 Å². The van der Waals surface area contributed by atoms with Gasteiger partial charge in [-0.2, -0.15) is 39.5 Å². The van der Waals surface area contributed by atoms with Gasteiger partial charge >= 0.3 is 36.3 Å². The summed E-state index contributed by atoms with van der Waals surface area (Å²) in [6.45, 7) is 0.887. The molecule has 24 heteroatoms. The number of halogens is 10. The van der Waals surface area contributed by atoms with Crippen molar-refractivity contribution in [2.75, 3.05) is 37.3 Å². The number of nitrogens with two attached hydrogens (primary N) is 2. The molecule has 0 fully saturated rings. The van der Waals surface area contributed by atoms with E-state index in [0.29, 0.717) is 53.9 Å². The SMILES string of the molecule is NNc1ccc2c(c1)CN(C(=O)C(F)(F)F)CC2.Nc1ccc2c(c1)CN(C(=O)C(F)(F)F)CC2.O=C(N1CCc2ccc(I)cc2C1)C(F)(F)F.O=C1NCCc2ccc([N+](=O)[O-])cc21. The summed E-state index contributed by atoms with van der Waals surface area (Å²) in [6.07, 6.45) is -12.3. The summed E-state index contributed by atoms with van der Waals surface area (Å²) in [5.41, 5.74) is 15.4. The summed E-state index contributed by atoms with van der Waals surface area (Å²) in [5, 5.41) is 13.1. The standard InChI is InChI=1S/C11H9F3INO.C11H12F3N3O.C11H11F3N2O.C9H8N2O3/c12-11(13,14)10(17)16-4-3-7-1-2-9(15)5-8(7)6-16;12-11(13,14)10(18)17-4-3-7-1-2-9(16-15)5-8(7)6-17;12-11(13,14)10(17)16-4-3-7-1-2-9(15)5-8(7)6-16;12-9-8-5-7(11(13)14)2-1-6(8)3-4-10-9/h1-2,5H,3-4,6H2;1-2,5,16H,3-4,6,15H2;1-2,5H,3-4,6,15H2;1-2,5H,3-4H2,(H,10,12). The van der Waals surface area contributed by atoms with E-state index in [-0.39, 0.29) is 50.9 Å². The molecule has 4 aromatic carbocycles. The van der Waals surface area contributed by atoms with Gasteiger partial charge < -0.3 is 31.2 Å². The first-order valence-electron chi connectivity index (χ1n) is 19.7. The van der Waals surface area contributed by atoms with Crippen molar-refractivity contribution < 1.29 is 63.6 Å². The first-order chi connectivity index (χ1) is 30.8. The number of nitrogens with one attached hydrogen (secondary N) is 2. The quantitative estimate of drug-likeness (QED) is 0.0419. The smallest absolute Gasteiger partial charge is 0.399 e. The second kappa shape index (κ2) is 21.0. The Balaban J connectivity index is 0.000000166. The van der Waals surface area contributed by atoms with E-state index in [1.54, 1.807) is 42.5 Å². The normalized spacial score (nSPS) is 15.3. The molecule has 4 heterocycles. The average molecular weight is 1050 g/mol. The molecule has 6 N–H and O–H groups in total. The largest absolute Gasteiger partial charge is 0.471 e. The van der Waals surface area contributed by atoms with Crippen molar-refractivity contribution in [2.24, 2.45) is 5.84 Å². The molecule has 0 saturated heterocycles. The van der Waals surface area contributed by atoms with Gasteiger partial charge in [-0.1, -0.05) is 24.3 Å². The minimum absolute atomic E-state index is 0.0291. The zero-order valence-electron chi connectivity index (χ0n) is 34.4. The maximum absolute atomic E-state index is 12.3. The van der Waals surface area contributed by atoms with E-state index in [1.807, 2.05) is 18.2 Å². The molecule has 0 radical (unpaired) electrons. The highest BCUT2D eigenvalue weighted by molar-refractivity contribution is 14.1. The van der Waals surface area contributed by atoms with Gasteiger partial charge in [-0.15, -0.1) is 0 Å². The summed E-state index contributed by atoms with van der Waals surface area (Å²) in [4.78, 5) is 57.1. The molecule has 0 atom stereocenters. The van der Waals surface area contributed by atoms with Gasteiger partial charge in [0.2, 0.25) is 0 Å². The van der Waals surface area contributed by atoms with Crippen LogP contribution in [0.1, 0.15) is 49.3 Å². The monoisotopic (exact) mass is 1050 g/mol. The highest BCUT2D eigenvalue weighted by atomic mass is 127. The lowest BCUT2D eigenvalue weighted by atomic mass is 9.99. The molecule has 354 valence electrons. The van der Waals surface area contributed by atoms with Crippen LogP contribution in [-0.4, -0.2) is 88.0 Å². The lowest BCUT2D eigenvalue weighted by Crippen LogP contribution is -2.43. The van der Waals surface area contributed by atoms with Gasteiger partial charge in [-0.25, -0.2) is 0 Å². The van der Waals surface area contributed by atoms with Crippen LogP contribution < -0.4 is 22.3 Å². The van der Waals surface area contributed by atoms with E-state index in [9.17, 15) is 68.8 Å². The topological polar surface area (TPSA) is 197 Å². The molecule has 4 aliphatic heterocycles. The molecule has 0 spiro atoms. The molecule has 0 aromatic heterocycles. The number of fused-ring (bicyclic) bond motifs is 4. The highest BCUT2D eigenvalue weighted by Crippen LogP contribution is 2.29. The number of rotatable bonds is 2. The maximum atomic E-state index is 12.3. The molecule has 0 saturated carbocycles. The van der Waals surface area contributed by atoms with Gasteiger partial charge in [0, 0.05) is 78.5 Å². The van der Waals surface area contributed by atoms with Crippen LogP contribution in [0.4, 0.5) is 56.6 Å². The number of hydrogen-bond donors (Lipinski definition) is 4. The lowest BCUT2D eigenvalue weighted by molar-refractivity contribution is -0.384. The number of nitro benzene ring substituents is 1. The van der Waals surface area contributed by atoms with Gasteiger partial charge in [0.1, 0.15) is 0 Å². The number of nitrogen functional groups attached to an aromatic ring is 2. The number of benzene rings is 4. The van der Waals surface area contributed by atoms with E-state index in [4.69, 9.17) is 11.6 Å². The van der Waals surface area contributed by atoms with E-state index in [1.165, 1.54) is 12.1 Å². The van der Waals surface area contributed by atoms with Crippen LogP contribution in [0.5, 0.6) is 0 Å². The number of amides is 4. The first-order valence-corrected chi connectivity index (χ1v) is 20.8. The molecule has 4 aromatic rings. The molecular weight excluding hydrogens is 1010 g/mol. The maximum Gasteiger partial charge on any atom is 0.471 e. The number of hydrogen-bond acceptors (Lipinski definition) is 9. The Morgan fingerprint density at radius 3 is 1.53 bits per heavy atom. The van der Waals surface area contributed by atoms with Crippen LogP contribution in [0, 0.1) is 13.7 Å². The van der Waals surface area contributed by atoms with Crippen LogP contribution in [0.15, 0.2) is 72.8 Å². The number of nitro groups is 1. The Labute approximate surface area is 383 Å². The number of hydrazine groups is 1. The van der Waals surface area contributed by atoms with Gasteiger partial charge in [0.25, 0.3) is 11.6 Å². The van der Waals surface area contributed by atoms with E-state index < -0.39 is 41.2 Å². The number of alkyl halides is 9. The Morgan fingerprint density at radius 1 is 0.621 bits per heavy atom. The molecule has 4 amide bonds. The predicted octanol–water partition coefficient (Wildman–Crippen LogP) is 6.75. The van der Waals surface area contributed by atoms with Gasteiger partial charge in [0.15, 0.2) is 0 Å². The number of carbonyl (C=O) groups excluding carboxylic acids is 4. The summed E-state index contributed by atoms with van der Waals surface area (Å²) in [5.74, 6) is -0.318. The van der Waals surface area contributed by atoms with E-state index >= 15 is 0 Å². The van der Waals surface area contributed by atoms with Gasteiger partial charge in [-0.05, 0) is 124 Å². The molecule has 8 rings (SSSR count). The summed E-state index contributed by atoms with van der Waals surface area (Å²) in [7, 11) is 0. The Morgan fingerprint density at radius 2 is 1.06 bits per heavy atom. The number of nitrogens with zero attached hydrogens (tertiary/aromatic N) is 4. The first kappa shape index (κ1) is 50.8. The highest BCUT2D eigenvalue weighted by Gasteiger charge is 2.45. The van der Waals surface area contributed by atoms with Crippen LogP contribution in [0.3, 0.4) is 0 Å². The predicted molar refractivity (Wildman–Crippen MR) is 229 cm³/mol. The third kappa shape index (κ3) is 13.2. The Bertz CT molecular complexity index is 2400. The fraction of sp³-hybridized carbons (Fsp3) is 0.333. The fourth-order valence-corrected chi connectivity index (χ4v) is 7.88. The van der Waals surface area contributed by atoms with Crippen molar-refractivity contribution in [1.82, 2.24) is 20.0 Å². The molecule has 4 aliphatic rings. The summed E-state index contributed by atoms with van der Waals surface area (Å²) >= 11 is 2.10. The second-order valence-corrected chi connectivity index (χ2v) is 16.3. The number of non-ortho nitro benzene ring substituents is 1. The van der Waals surface area contributed by atoms with Crippen molar-refractivity contribution in [1.29, 1.82) is 0 Å². The second-order valence-electron chi connectivity index (χ2n) is 15.1. The van der Waals surface area contributed by atoms with Gasteiger partial charge in [0.05, 0.1) is 4.92 Å².